The minimum atomic E-state index is -0.605. The molecule has 0 aromatic heterocycles. The summed E-state index contributed by atoms with van der Waals surface area (Å²) in [5, 5.41) is 0. The summed E-state index contributed by atoms with van der Waals surface area (Å²) in [6, 6.07) is 9.21. The van der Waals surface area contributed by atoms with Gasteiger partial charge in [-0.2, -0.15) is 0 Å². The van der Waals surface area contributed by atoms with E-state index in [1.807, 2.05) is 0 Å². The molecule has 0 aliphatic carbocycles. The van der Waals surface area contributed by atoms with Gasteiger partial charge in [0, 0.05) is 5.56 Å². The quantitative estimate of drug-likeness (QED) is 0.359. The van der Waals surface area contributed by atoms with Gasteiger partial charge < -0.3 is 18.9 Å². The monoisotopic (exact) mass is 416 g/mol. The first-order valence-corrected chi connectivity index (χ1v) is 9.21. The number of allylic oxidation sites excluding steroid dienone is 1. The van der Waals surface area contributed by atoms with Crippen molar-refractivity contribution < 1.29 is 32.9 Å². The fourth-order valence-corrected chi connectivity index (χ4v) is 2.55. The van der Waals surface area contributed by atoms with E-state index in [2.05, 4.69) is 0 Å². The molecule has 0 spiro atoms. The molecule has 0 N–H and O–H groups in total. The van der Waals surface area contributed by atoms with E-state index in [4.69, 9.17) is 18.9 Å². The first kappa shape index (κ1) is 22.9. The Labute approximate surface area is 175 Å². The summed E-state index contributed by atoms with van der Waals surface area (Å²) in [6.45, 7) is 5.03. The molecule has 0 atom stereocenters. The highest BCUT2D eigenvalue weighted by molar-refractivity contribution is 6.07. The van der Waals surface area contributed by atoms with Crippen LogP contribution in [0.3, 0.4) is 0 Å². The molecular weight excluding hydrogens is 391 g/mol. The van der Waals surface area contributed by atoms with Crippen molar-refractivity contribution in [2.45, 2.75) is 26.4 Å². The number of hydrogen-bond donors (Lipinski definition) is 0. The van der Waals surface area contributed by atoms with Crippen LogP contribution in [0.15, 0.2) is 42.5 Å². The lowest BCUT2D eigenvalue weighted by atomic mass is 10.1. The van der Waals surface area contributed by atoms with Gasteiger partial charge >= 0.3 is 5.97 Å². The summed E-state index contributed by atoms with van der Waals surface area (Å²) in [4.78, 5) is 24.2. The second kappa shape index (κ2) is 9.91. The normalized spacial score (nSPS) is 11.3. The number of ether oxygens (including phenoxy) is 4. The lowest BCUT2D eigenvalue weighted by Crippen LogP contribution is -2.27. The van der Waals surface area contributed by atoms with Crippen LogP contribution in [0.4, 0.5) is 4.39 Å². The van der Waals surface area contributed by atoms with Crippen molar-refractivity contribution in [2.75, 3.05) is 20.8 Å². The number of halogens is 1. The Morgan fingerprint density at radius 1 is 1.07 bits per heavy atom. The highest BCUT2D eigenvalue weighted by Crippen LogP contribution is 2.31. The molecule has 30 heavy (non-hydrogen) atoms. The number of methoxy groups -OCH3 is 2. The van der Waals surface area contributed by atoms with E-state index in [0.717, 1.165) is 0 Å². The van der Waals surface area contributed by atoms with Gasteiger partial charge in [0.1, 0.15) is 11.4 Å². The Bertz CT molecular complexity index is 943. The summed E-state index contributed by atoms with van der Waals surface area (Å²) in [5.74, 6) is -0.834. The average Bonchev–Trinajstić information content (AvgIpc) is 2.69. The second-order valence-corrected chi connectivity index (χ2v) is 7.34. The van der Waals surface area contributed by atoms with E-state index >= 15 is 0 Å². The molecule has 7 heteroatoms. The summed E-state index contributed by atoms with van der Waals surface area (Å²) in [6.07, 6.45) is 2.79. The predicted octanol–water partition coefficient (Wildman–Crippen LogP) is 4.46. The molecule has 0 radical (unpaired) electrons. The van der Waals surface area contributed by atoms with Crippen molar-refractivity contribution in [3.8, 4) is 17.2 Å². The van der Waals surface area contributed by atoms with Crippen LogP contribution in [0.2, 0.25) is 0 Å². The Kier molecular flexibility index (Phi) is 7.58. The van der Waals surface area contributed by atoms with E-state index in [0.29, 0.717) is 16.9 Å². The van der Waals surface area contributed by atoms with Gasteiger partial charge in [0.15, 0.2) is 29.7 Å². The van der Waals surface area contributed by atoms with Gasteiger partial charge in [-0.25, -0.2) is 9.18 Å². The Hall–Kier alpha value is -3.35. The van der Waals surface area contributed by atoms with Crippen molar-refractivity contribution in [3.05, 3.63) is 59.4 Å². The zero-order valence-corrected chi connectivity index (χ0v) is 17.7. The van der Waals surface area contributed by atoms with Gasteiger partial charge in [0.05, 0.1) is 14.2 Å². The third-order valence-electron chi connectivity index (χ3n) is 3.78. The van der Waals surface area contributed by atoms with Crippen LogP contribution in [0.1, 0.15) is 36.7 Å². The minimum Gasteiger partial charge on any atom is -0.493 e. The average molecular weight is 416 g/mol. The van der Waals surface area contributed by atoms with E-state index in [1.165, 1.54) is 38.5 Å². The van der Waals surface area contributed by atoms with Gasteiger partial charge in [-0.1, -0.05) is 18.2 Å². The molecule has 2 aromatic carbocycles. The summed E-state index contributed by atoms with van der Waals surface area (Å²) < 4.78 is 34.7. The summed E-state index contributed by atoms with van der Waals surface area (Å²) in [5.41, 5.74) is 0.192. The molecule has 0 fully saturated rings. The Morgan fingerprint density at radius 2 is 1.80 bits per heavy atom. The van der Waals surface area contributed by atoms with Gasteiger partial charge in [-0.15, -0.1) is 0 Å². The third kappa shape index (κ3) is 6.62. The van der Waals surface area contributed by atoms with Crippen molar-refractivity contribution >= 4 is 17.8 Å². The van der Waals surface area contributed by atoms with Crippen LogP contribution >= 0.6 is 0 Å². The van der Waals surface area contributed by atoms with Crippen molar-refractivity contribution in [1.29, 1.82) is 0 Å². The zero-order chi connectivity index (χ0) is 22.3. The van der Waals surface area contributed by atoms with Crippen LogP contribution in [0, 0.1) is 5.82 Å². The highest BCUT2D eigenvalue weighted by Gasteiger charge is 2.17. The molecule has 0 bridgehead atoms. The van der Waals surface area contributed by atoms with Gasteiger partial charge in [-0.05, 0) is 56.7 Å². The van der Waals surface area contributed by atoms with Crippen LogP contribution in [-0.2, 0) is 9.53 Å². The number of carbonyl (C=O) groups is 2. The molecule has 0 aliphatic rings. The molecular formula is C23H25FO6. The van der Waals surface area contributed by atoms with Crippen molar-refractivity contribution in [3.63, 3.8) is 0 Å². The molecule has 6 nitrogen and oxygen atoms in total. The first-order chi connectivity index (χ1) is 14.1. The number of esters is 1. The van der Waals surface area contributed by atoms with Crippen molar-refractivity contribution in [1.82, 2.24) is 0 Å². The molecule has 0 saturated heterocycles. The lowest BCUT2D eigenvalue weighted by Gasteiger charge is -2.19. The Morgan fingerprint density at radius 3 is 2.43 bits per heavy atom. The van der Waals surface area contributed by atoms with Crippen molar-refractivity contribution in [2.24, 2.45) is 0 Å². The highest BCUT2D eigenvalue weighted by atomic mass is 19.1. The van der Waals surface area contributed by atoms with E-state index in [-0.39, 0.29) is 23.9 Å². The molecule has 2 aromatic rings. The van der Waals surface area contributed by atoms with Gasteiger partial charge in [0.2, 0.25) is 0 Å². The maximum Gasteiger partial charge on any atom is 0.344 e. The SMILES string of the molecule is COc1cc(/C=C/C(=O)c2cccc(OCC(=O)OC(C)(C)C)c2)cc(F)c1OC. The largest absolute Gasteiger partial charge is 0.493 e. The van der Waals surface area contributed by atoms with E-state index < -0.39 is 17.4 Å². The van der Waals surface area contributed by atoms with E-state index in [9.17, 15) is 14.0 Å². The third-order valence-corrected chi connectivity index (χ3v) is 3.78. The molecule has 0 heterocycles. The van der Waals surface area contributed by atoms with Crippen LogP contribution in [-0.4, -0.2) is 38.2 Å². The fraction of sp³-hybridized carbons (Fsp3) is 0.304. The molecule has 2 rings (SSSR count). The smallest absolute Gasteiger partial charge is 0.344 e. The molecule has 0 unspecified atom stereocenters. The van der Waals surface area contributed by atoms with E-state index in [1.54, 1.807) is 45.0 Å². The predicted molar refractivity (Wildman–Crippen MR) is 111 cm³/mol. The number of carbonyl (C=O) groups excluding carboxylic acids is 2. The van der Waals surface area contributed by atoms with Gasteiger partial charge in [-0.3, -0.25) is 4.79 Å². The molecule has 0 amide bonds. The van der Waals surface area contributed by atoms with Crippen LogP contribution in [0.5, 0.6) is 17.2 Å². The number of rotatable bonds is 8. The summed E-state index contributed by atoms with van der Waals surface area (Å²) in [7, 11) is 2.75. The molecule has 0 aliphatic heterocycles. The van der Waals surface area contributed by atoms with Crippen LogP contribution in [0.25, 0.3) is 6.08 Å². The topological polar surface area (TPSA) is 71.1 Å². The van der Waals surface area contributed by atoms with Gasteiger partial charge in [0.25, 0.3) is 0 Å². The Balaban J connectivity index is 2.08. The summed E-state index contributed by atoms with van der Waals surface area (Å²) >= 11 is 0. The second-order valence-electron chi connectivity index (χ2n) is 7.34. The fourth-order valence-electron chi connectivity index (χ4n) is 2.55. The number of benzene rings is 2. The lowest BCUT2D eigenvalue weighted by molar-refractivity contribution is -0.157. The maximum atomic E-state index is 14.1. The molecule has 0 saturated carbocycles. The van der Waals surface area contributed by atoms with Crippen LogP contribution < -0.4 is 14.2 Å². The number of ketones is 1. The maximum absolute atomic E-state index is 14.1. The zero-order valence-electron chi connectivity index (χ0n) is 17.7. The standard InChI is InChI=1S/C23H25FO6/c1-23(2,3)30-21(26)14-29-17-8-6-7-16(13-17)19(25)10-9-15-11-18(24)22(28-5)20(12-15)27-4/h6-13H,14H2,1-5H3/b10-9+. The minimum absolute atomic E-state index is 0.00388. The first-order valence-electron chi connectivity index (χ1n) is 9.21. The molecule has 160 valence electrons. The number of hydrogen-bond acceptors (Lipinski definition) is 6.